The van der Waals surface area contributed by atoms with E-state index in [0.717, 1.165) is 42.9 Å². The molecule has 1 aromatic carbocycles. The van der Waals surface area contributed by atoms with Gasteiger partial charge < -0.3 is 20.9 Å². The average molecular weight is 309 g/mol. The molecular weight excluding hydrogens is 288 g/mol. The molecule has 21 heavy (non-hydrogen) atoms. The zero-order valence-corrected chi connectivity index (χ0v) is 13.2. The molecule has 1 saturated heterocycles. The van der Waals surface area contributed by atoms with Crippen molar-refractivity contribution in [2.45, 2.75) is 24.9 Å². The fraction of sp³-hybridized carbons (Fsp3) is 0.533. The Morgan fingerprint density at radius 1 is 1.38 bits per heavy atom. The lowest BCUT2D eigenvalue weighted by Gasteiger charge is -2.37. The first-order chi connectivity index (χ1) is 9.97. The summed E-state index contributed by atoms with van der Waals surface area (Å²) >= 11 is 6.42. The minimum atomic E-state index is -0.611. The van der Waals surface area contributed by atoms with Gasteiger partial charge in [-0.15, -0.1) is 0 Å². The largest absolute Gasteiger partial charge is 0.370 e. The summed E-state index contributed by atoms with van der Waals surface area (Å²) in [7, 11) is 4.22. The summed E-state index contributed by atoms with van der Waals surface area (Å²) in [6.45, 7) is 2.19. The van der Waals surface area contributed by atoms with E-state index in [2.05, 4.69) is 29.2 Å². The Morgan fingerprint density at radius 2 is 2.05 bits per heavy atom. The number of benzene rings is 1. The summed E-state index contributed by atoms with van der Waals surface area (Å²) in [6.07, 6.45) is 2.23. The highest BCUT2D eigenvalue weighted by Gasteiger charge is 2.30. The SMILES string of the molecule is CN1CCC(N(C)c2cc3c(cc2Cl)C(N)C(=O)N3)CC1. The number of halogens is 1. The Labute approximate surface area is 130 Å². The lowest BCUT2D eigenvalue weighted by molar-refractivity contribution is -0.116. The van der Waals surface area contributed by atoms with Crippen molar-refractivity contribution < 1.29 is 4.79 Å². The molecule has 0 radical (unpaired) electrons. The predicted molar refractivity (Wildman–Crippen MR) is 85.9 cm³/mol. The van der Waals surface area contributed by atoms with Crippen molar-refractivity contribution in [2.24, 2.45) is 5.73 Å². The average Bonchev–Trinajstić information content (AvgIpc) is 2.73. The maximum Gasteiger partial charge on any atom is 0.245 e. The van der Waals surface area contributed by atoms with Gasteiger partial charge in [0.15, 0.2) is 0 Å². The van der Waals surface area contributed by atoms with Crippen LogP contribution in [0.4, 0.5) is 11.4 Å². The second kappa shape index (κ2) is 5.48. The molecule has 3 N–H and O–H groups in total. The number of anilines is 2. The lowest BCUT2D eigenvalue weighted by atomic mass is 10.0. The fourth-order valence-corrected chi connectivity index (χ4v) is 3.45. The number of fused-ring (bicyclic) bond motifs is 1. The second-order valence-electron chi connectivity index (χ2n) is 6.00. The minimum absolute atomic E-state index is 0.167. The third-order valence-corrected chi connectivity index (χ3v) is 4.91. The first-order valence-electron chi connectivity index (χ1n) is 7.28. The highest BCUT2D eigenvalue weighted by molar-refractivity contribution is 6.33. The van der Waals surface area contributed by atoms with Crippen molar-refractivity contribution in [1.29, 1.82) is 0 Å². The van der Waals surface area contributed by atoms with Crippen LogP contribution in [0.5, 0.6) is 0 Å². The molecule has 114 valence electrons. The molecule has 2 aliphatic heterocycles. The number of hydrogen-bond acceptors (Lipinski definition) is 4. The van der Waals surface area contributed by atoms with Crippen LogP contribution in [0.25, 0.3) is 0 Å². The molecule has 1 unspecified atom stereocenters. The summed E-state index contributed by atoms with van der Waals surface area (Å²) < 4.78 is 0. The van der Waals surface area contributed by atoms with Gasteiger partial charge in [0, 0.05) is 24.3 Å². The Balaban J connectivity index is 1.86. The van der Waals surface area contributed by atoms with Gasteiger partial charge in [-0.2, -0.15) is 0 Å². The molecule has 0 spiro atoms. The van der Waals surface area contributed by atoms with Gasteiger partial charge in [0.05, 0.1) is 10.7 Å². The van der Waals surface area contributed by atoms with Gasteiger partial charge >= 0.3 is 0 Å². The molecule has 2 aliphatic rings. The second-order valence-corrected chi connectivity index (χ2v) is 6.41. The van der Waals surface area contributed by atoms with Crippen LogP contribution in [0, 0.1) is 0 Å². The molecule has 1 atom stereocenters. The number of piperidine rings is 1. The summed E-state index contributed by atoms with van der Waals surface area (Å²) in [4.78, 5) is 16.2. The van der Waals surface area contributed by atoms with Crippen molar-refractivity contribution >= 4 is 28.9 Å². The van der Waals surface area contributed by atoms with Crippen LogP contribution in [0.1, 0.15) is 24.4 Å². The standard InChI is InChI=1S/C15H21ClN4O/c1-19-5-3-9(4-6-19)20(2)13-8-12-10(7-11(13)16)14(17)15(21)18-12/h7-9,14H,3-6,17H2,1-2H3,(H,18,21). The van der Waals surface area contributed by atoms with E-state index in [-0.39, 0.29) is 5.91 Å². The quantitative estimate of drug-likeness (QED) is 0.875. The number of amides is 1. The maximum atomic E-state index is 11.7. The molecule has 3 rings (SSSR count). The summed E-state index contributed by atoms with van der Waals surface area (Å²) in [5.41, 5.74) is 8.38. The number of likely N-dealkylation sites (tertiary alicyclic amines) is 1. The number of nitrogens with one attached hydrogen (secondary N) is 1. The van der Waals surface area contributed by atoms with E-state index in [1.54, 1.807) is 0 Å². The zero-order valence-electron chi connectivity index (χ0n) is 12.4. The predicted octanol–water partition coefficient (Wildman–Crippen LogP) is 1.82. The van der Waals surface area contributed by atoms with Crippen LogP contribution in [-0.2, 0) is 4.79 Å². The van der Waals surface area contributed by atoms with E-state index in [1.807, 2.05) is 12.1 Å². The third-order valence-electron chi connectivity index (χ3n) is 4.61. The summed E-state index contributed by atoms with van der Waals surface area (Å²) in [6, 6.07) is 3.63. The molecule has 0 saturated carbocycles. The molecule has 0 bridgehead atoms. The first-order valence-corrected chi connectivity index (χ1v) is 7.66. The summed E-state index contributed by atoms with van der Waals surface area (Å²) in [5.74, 6) is -0.167. The number of carbonyl (C=O) groups is 1. The van der Waals surface area contributed by atoms with Gasteiger partial charge in [-0.3, -0.25) is 4.79 Å². The van der Waals surface area contributed by atoms with E-state index in [0.29, 0.717) is 11.1 Å². The number of carbonyl (C=O) groups excluding carboxylic acids is 1. The topological polar surface area (TPSA) is 61.6 Å². The van der Waals surface area contributed by atoms with Crippen LogP contribution in [0.15, 0.2) is 12.1 Å². The Bertz CT molecular complexity index is 569. The summed E-state index contributed by atoms with van der Waals surface area (Å²) in [5, 5.41) is 3.48. The number of rotatable bonds is 2. The molecular formula is C15H21ClN4O. The van der Waals surface area contributed by atoms with Crippen LogP contribution >= 0.6 is 11.6 Å². The van der Waals surface area contributed by atoms with E-state index in [1.165, 1.54) is 0 Å². The number of nitrogens with zero attached hydrogens (tertiary/aromatic N) is 2. The van der Waals surface area contributed by atoms with E-state index < -0.39 is 6.04 Å². The maximum absolute atomic E-state index is 11.7. The van der Waals surface area contributed by atoms with Gasteiger partial charge in [0.25, 0.3) is 0 Å². The van der Waals surface area contributed by atoms with Crippen molar-refractivity contribution in [3.8, 4) is 0 Å². The van der Waals surface area contributed by atoms with Crippen molar-refractivity contribution in [3.05, 3.63) is 22.7 Å². The minimum Gasteiger partial charge on any atom is -0.370 e. The van der Waals surface area contributed by atoms with Crippen LogP contribution in [0.2, 0.25) is 5.02 Å². The Morgan fingerprint density at radius 3 is 2.71 bits per heavy atom. The molecule has 0 aromatic heterocycles. The highest BCUT2D eigenvalue weighted by atomic mass is 35.5. The first kappa shape index (κ1) is 14.6. The molecule has 6 heteroatoms. The van der Waals surface area contributed by atoms with Crippen molar-refractivity contribution in [3.63, 3.8) is 0 Å². The monoisotopic (exact) mass is 308 g/mol. The van der Waals surface area contributed by atoms with Crippen molar-refractivity contribution in [2.75, 3.05) is 37.4 Å². The molecule has 5 nitrogen and oxygen atoms in total. The molecule has 1 aromatic rings. The van der Waals surface area contributed by atoms with Crippen LogP contribution in [0.3, 0.4) is 0 Å². The lowest BCUT2D eigenvalue weighted by Crippen LogP contribution is -2.42. The van der Waals surface area contributed by atoms with E-state index in [9.17, 15) is 4.79 Å². The van der Waals surface area contributed by atoms with Gasteiger partial charge in [0.1, 0.15) is 6.04 Å². The van der Waals surface area contributed by atoms with Crippen molar-refractivity contribution in [1.82, 2.24) is 4.90 Å². The Kier molecular flexibility index (Phi) is 3.82. The van der Waals surface area contributed by atoms with Gasteiger partial charge in [-0.05, 0) is 45.1 Å². The molecule has 1 amide bonds. The number of nitrogens with two attached hydrogens (primary N) is 1. The third kappa shape index (κ3) is 2.61. The number of hydrogen-bond donors (Lipinski definition) is 2. The normalized spacial score (nSPS) is 23.0. The van der Waals surface area contributed by atoms with Gasteiger partial charge in [-0.1, -0.05) is 11.6 Å². The van der Waals surface area contributed by atoms with Crippen LogP contribution < -0.4 is 16.0 Å². The van der Waals surface area contributed by atoms with Crippen LogP contribution in [-0.4, -0.2) is 44.0 Å². The fourth-order valence-electron chi connectivity index (χ4n) is 3.14. The molecule has 1 fully saturated rings. The zero-order chi connectivity index (χ0) is 15.1. The Hall–Kier alpha value is -1.30. The van der Waals surface area contributed by atoms with E-state index >= 15 is 0 Å². The van der Waals surface area contributed by atoms with Gasteiger partial charge in [-0.25, -0.2) is 0 Å². The highest BCUT2D eigenvalue weighted by Crippen LogP contribution is 2.38. The molecule has 2 heterocycles. The smallest absolute Gasteiger partial charge is 0.245 e. The molecule has 0 aliphatic carbocycles. The van der Waals surface area contributed by atoms with E-state index in [4.69, 9.17) is 17.3 Å². The van der Waals surface area contributed by atoms with Gasteiger partial charge in [0.2, 0.25) is 5.91 Å².